The highest BCUT2D eigenvalue weighted by Gasteiger charge is 2.03. The molecular formula is C15H12F2N2O. The van der Waals surface area contributed by atoms with Crippen LogP contribution >= 0.6 is 0 Å². The molecule has 2 aromatic rings. The minimum atomic E-state index is -0.626. The Morgan fingerprint density at radius 2 is 1.85 bits per heavy atom. The summed E-state index contributed by atoms with van der Waals surface area (Å²) in [4.78, 5) is 0. The van der Waals surface area contributed by atoms with E-state index in [4.69, 9.17) is 10.00 Å². The molecule has 20 heavy (non-hydrogen) atoms. The molecule has 0 unspecified atom stereocenters. The zero-order chi connectivity index (χ0) is 14.4. The smallest absolute Gasteiger partial charge is 0.174 e. The number of hydrogen-bond acceptors (Lipinski definition) is 3. The zero-order valence-corrected chi connectivity index (χ0v) is 10.6. The van der Waals surface area contributed by atoms with Gasteiger partial charge in [-0.1, -0.05) is 12.1 Å². The third-order valence-electron chi connectivity index (χ3n) is 2.64. The van der Waals surface area contributed by atoms with Crippen molar-refractivity contribution in [2.75, 3.05) is 11.9 Å². The van der Waals surface area contributed by atoms with Crippen molar-refractivity contribution in [3.8, 4) is 11.8 Å². The van der Waals surface area contributed by atoms with Gasteiger partial charge in [-0.05, 0) is 29.8 Å². The number of nitriles is 1. The van der Waals surface area contributed by atoms with Crippen LogP contribution in [0.3, 0.4) is 0 Å². The Labute approximate surface area is 115 Å². The molecule has 0 saturated carbocycles. The number of nitrogens with one attached hydrogen (secondary N) is 1. The molecule has 0 amide bonds. The van der Waals surface area contributed by atoms with E-state index in [9.17, 15) is 8.78 Å². The van der Waals surface area contributed by atoms with Crippen molar-refractivity contribution < 1.29 is 13.5 Å². The van der Waals surface area contributed by atoms with Crippen LogP contribution in [0.5, 0.6) is 5.75 Å². The Morgan fingerprint density at radius 1 is 1.10 bits per heavy atom. The molecule has 5 heteroatoms. The van der Waals surface area contributed by atoms with E-state index < -0.39 is 11.6 Å². The lowest BCUT2D eigenvalue weighted by Gasteiger charge is -2.08. The summed E-state index contributed by atoms with van der Waals surface area (Å²) in [5, 5.41) is 11.3. The number of rotatable bonds is 5. The molecule has 0 aliphatic heterocycles. The lowest BCUT2D eigenvalue weighted by Crippen LogP contribution is -2.02. The fourth-order valence-electron chi connectivity index (χ4n) is 1.65. The van der Waals surface area contributed by atoms with Crippen molar-refractivity contribution in [2.45, 2.75) is 6.54 Å². The van der Waals surface area contributed by atoms with Crippen LogP contribution < -0.4 is 10.1 Å². The van der Waals surface area contributed by atoms with Gasteiger partial charge in [-0.3, -0.25) is 0 Å². The summed E-state index contributed by atoms with van der Waals surface area (Å²) in [6.07, 6.45) is 0. The van der Waals surface area contributed by atoms with Crippen molar-refractivity contribution in [3.05, 3.63) is 59.7 Å². The summed E-state index contributed by atoms with van der Waals surface area (Å²) in [7, 11) is 0. The average Bonchev–Trinajstić information content (AvgIpc) is 2.45. The van der Waals surface area contributed by atoms with E-state index in [0.717, 1.165) is 11.6 Å². The zero-order valence-electron chi connectivity index (χ0n) is 10.6. The predicted molar refractivity (Wildman–Crippen MR) is 71.2 cm³/mol. The van der Waals surface area contributed by atoms with Gasteiger partial charge < -0.3 is 10.1 Å². The maximum Gasteiger partial charge on any atom is 0.174 e. The molecule has 0 radical (unpaired) electrons. The van der Waals surface area contributed by atoms with Gasteiger partial charge in [0.1, 0.15) is 23.5 Å². The highest BCUT2D eigenvalue weighted by atomic mass is 19.1. The van der Waals surface area contributed by atoms with E-state index in [-0.39, 0.29) is 12.3 Å². The number of anilines is 1. The van der Waals surface area contributed by atoms with Crippen molar-refractivity contribution >= 4 is 5.69 Å². The maximum absolute atomic E-state index is 13.4. The molecule has 0 spiro atoms. The molecular weight excluding hydrogens is 262 g/mol. The third-order valence-corrected chi connectivity index (χ3v) is 2.64. The van der Waals surface area contributed by atoms with E-state index in [2.05, 4.69) is 5.32 Å². The van der Waals surface area contributed by atoms with Crippen LogP contribution in [0.2, 0.25) is 0 Å². The maximum atomic E-state index is 13.4. The third kappa shape index (κ3) is 3.69. The summed E-state index contributed by atoms with van der Waals surface area (Å²) in [5.41, 5.74) is 1.16. The molecule has 2 aromatic carbocycles. The molecule has 0 saturated heterocycles. The lowest BCUT2D eigenvalue weighted by molar-refractivity contribution is 0.368. The minimum absolute atomic E-state index is 0.00160. The van der Waals surface area contributed by atoms with Crippen molar-refractivity contribution in [1.82, 2.24) is 0 Å². The molecule has 0 aliphatic rings. The Balaban J connectivity index is 1.95. The van der Waals surface area contributed by atoms with E-state index in [1.54, 1.807) is 24.3 Å². The molecule has 0 fully saturated rings. The molecule has 0 atom stereocenters. The molecule has 0 heterocycles. The molecule has 0 bridgehead atoms. The highest BCUT2D eigenvalue weighted by Crippen LogP contribution is 2.17. The second kappa shape index (κ2) is 6.53. The minimum Gasteiger partial charge on any atom is -0.479 e. The van der Waals surface area contributed by atoms with Gasteiger partial charge in [0.15, 0.2) is 6.61 Å². The van der Waals surface area contributed by atoms with E-state index >= 15 is 0 Å². The second-order valence-corrected chi connectivity index (χ2v) is 4.07. The number of nitrogens with zero attached hydrogens (tertiary/aromatic N) is 1. The van der Waals surface area contributed by atoms with Gasteiger partial charge >= 0.3 is 0 Å². The first-order valence-corrected chi connectivity index (χ1v) is 5.96. The van der Waals surface area contributed by atoms with Crippen LogP contribution in [0.1, 0.15) is 5.56 Å². The molecule has 0 aliphatic carbocycles. The summed E-state index contributed by atoms with van der Waals surface area (Å²) in [6.45, 7) is 0.402. The molecule has 0 aromatic heterocycles. The summed E-state index contributed by atoms with van der Waals surface area (Å²) >= 11 is 0. The normalized spacial score (nSPS) is 9.85. The first-order valence-electron chi connectivity index (χ1n) is 5.96. The number of halogens is 2. The van der Waals surface area contributed by atoms with Crippen LogP contribution in [0.4, 0.5) is 14.5 Å². The van der Waals surface area contributed by atoms with E-state index in [1.807, 2.05) is 6.07 Å². The molecule has 1 N–H and O–H groups in total. The van der Waals surface area contributed by atoms with E-state index in [0.29, 0.717) is 12.3 Å². The Bertz CT molecular complexity index is 621. The SMILES string of the molecule is N#CCOc1ccc(CNc2ccc(F)cc2F)cc1. The van der Waals surface area contributed by atoms with Crippen LogP contribution in [-0.4, -0.2) is 6.61 Å². The summed E-state index contributed by atoms with van der Waals surface area (Å²) in [5.74, 6) is -0.630. The van der Waals surface area contributed by atoms with Crippen LogP contribution in [-0.2, 0) is 6.54 Å². The Hall–Kier alpha value is -2.61. The molecule has 102 valence electrons. The first kappa shape index (κ1) is 13.8. The van der Waals surface area contributed by atoms with Crippen LogP contribution in [0, 0.1) is 23.0 Å². The first-order chi connectivity index (χ1) is 9.69. The van der Waals surface area contributed by atoms with Gasteiger partial charge in [0.05, 0.1) is 5.69 Å². The Kier molecular flexibility index (Phi) is 4.51. The monoisotopic (exact) mass is 274 g/mol. The summed E-state index contributed by atoms with van der Waals surface area (Å²) in [6, 6.07) is 12.3. The van der Waals surface area contributed by atoms with Crippen LogP contribution in [0.15, 0.2) is 42.5 Å². The topological polar surface area (TPSA) is 45.0 Å². The second-order valence-electron chi connectivity index (χ2n) is 4.07. The Morgan fingerprint density at radius 3 is 2.50 bits per heavy atom. The van der Waals surface area contributed by atoms with Gasteiger partial charge in [-0.15, -0.1) is 0 Å². The van der Waals surface area contributed by atoms with Gasteiger partial charge in [-0.25, -0.2) is 8.78 Å². The number of benzene rings is 2. The summed E-state index contributed by atoms with van der Waals surface area (Å²) < 4.78 is 31.3. The largest absolute Gasteiger partial charge is 0.479 e. The van der Waals surface area contributed by atoms with Crippen molar-refractivity contribution in [1.29, 1.82) is 5.26 Å². The number of hydrogen-bond donors (Lipinski definition) is 1. The standard InChI is InChI=1S/C15H12F2N2O/c16-12-3-6-15(14(17)9-12)19-10-11-1-4-13(5-2-11)20-8-7-18/h1-6,9,19H,8,10H2. The van der Waals surface area contributed by atoms with Crippen molar-refractivity contribution in [2.24, 2.45) is 0 Å². The van der Waals surface area contributed by atoms with Gasteiger partial charge in [0.2, 0.25) is 0 Å². The lowest BCUT2D eigenvalue weighted by atomic mass is 10.2. The number of ether oxygens (including phenoxy) is 1. The van der Waals surface area contributed by atoms with Gasteiger partial charge in [-0.2, -0.15) is 5.26 Å². The fraction of sp³-hybridized carbons (Fsp3) is 0.133. The quantitative estimate of drug-likeness (QED) is 0.907. The predicted octanol–water partition coefficient (Wildman–Crippen LogP) is 3.48. The molecule has 3 nitrogen and oxygen atoms in total. The van der Waals surface area contributed by atoms with Crippen LogP contribution in [0.25, 0.3) is 0 Å². The fourth-order valence-corrected chi connectivity index (χ4v) is 1.65. The average molecular weight is 274 g/mol. The van der Waals surface area contributed by atoms with Crippen molar-refractivity contribution in [3.63, 3.8) is 0 Å². The van der Waals surface area contributed by atoms with Gasteiger partial charge in [0, 0.05) is 12.6 Å². The van der Waals surface area contributed by atoms with E-state index in [1.165, 1.54) is 12.1 Å². The molecule has 2 rings (SSSR count). The highest BCUT2D eigenvalue weighted by molar-refractivity contribution is 5.45. The van der Waals surface area contributed by atoms with Gasteiger partial charge in [0.25, 0.3) is 0 Å².